The normalized spacial score (nSPS) is 22.2. The predicted molar refractivity (Wildman–Crippen MR) is 89.4 cm³/mol. The molecule has 3 rings (SSSR count). The molecule has 1 N–H and O–H groups in total. The molecule has 24 heavy (non-hydrogen) atoms. The Balaban J connectivity index is 1.78. The maximum Gasteiger partial charge on any atom is 0.213 e. The summed E-state index contributed by atoms with van der Waals surface area (Å²) in [5, 5.41) is 3.87. The van der Waals surface area contributed by atoms with E-state index in [-0.39, 0.29) is 17.9 Å². The zero-order valence-corrected chi connectivity index (χ0v) is 14.1. The lowest BCUT2D eigenvalue weighted by Gasteiger charge is -2.36. The Morgan fingerprint density at radius 2 is 2.08 bits per heavy atom. The summed E-state index contributed by atoms with van der Waals surface area (Å²) in [6, 6.07) is 7.57. The first-order chi connectivity index (χ1) is 11.5. The van der Waals surface area contributed by atoms with Crippen LogP contribution in [0.15, 0.2) is 36.5 Å². The molecule has 3 atom stereocenters. The maximum atomic E-state index is 13.6. The van der Waals surface area contributed by atoms with Crippen LogP contribution in [-0.4, -0.2) is 24.2 Å². The van der Waals surface area contributed by atoms with E-state index in [0.717, 1.165) is 18.5 Å². The Hall–Kier alpha value is -1.72. The van der Waals surface area contributed by atoms with Crippen LogP contribution < -0.4 is 10.1 Å². The molecule has 0 bridgehead atoms. The van der Waals surface area contributed by atoms with Gasteiger partial charge in [-0.15, -0.1) is 0 Å². The van der Waals surface area contributed by atoms with E-state index in [9.17, 15) is 8.78 Å². The minimum Gasteiger partial charge on any atom is -0.474 e. The zero-order chi connectivity index (χ0) is 17.1. The summed E-state index contributed by atoms with van der Waals surface area (Å²) in [5.74, 6) is -0.905. The molecule has 0 spiro atoms. The fraction of sp³-hybridized carbons (Fsp3) is 0.389. The number of nitrogens with one attached hydrogen (secondary N) is 1. The molecule has 1 fully saturated rings. The summed E-state index contributed by atoms with van der Waals surface area (Å²) in [4.78, 5) is 4.16. The van der Waals surface area contributed by atoms with Crippen LogP contribution in [0.3, 0.4) is 0 Å². The van der Waals surface area contributed by atoms with Gasteiger partial charge in [-0.25, -0.2) is 13.8 Å². The first-order valence-corrected chi connectivity index (χ1v) is 8.36. The number of pyridine rings is 1. The van der Waals surface area contributed by atoms with E-state index in [2.05, 4.69) is 10.3 Å². The summed E-state index contributed by atoms with van der Waals surface area (Å²) in [7, 11) is 0. The lowest BCUT2D eigenvalue weighted by molar-refractivity contribution is 0.108. The van der Waals surface area contributed by atoms with Gasteiger partial charge in [0, 0.05) is 30.6 Å². The third-order valence-corrected chi connectivity index (χ3v) is 4.74. The summed E-state index contributed by atoms with van der Waals surface area (Å²) in [6.07, 6.45) is 2.32. The number of nitrogens with zero attached hydrogens (tertiary/aromatic N) is 1. The number of aromatic nitrogens is 1. The van der Waals surface area contributed by atoms with E-state index in [1.54, 1.807) is 24.4 Å². The highest BCUT2D eigenvalue weighted by atomic mass is 35.5. The molecule has 128 valence electrons. The van der Waals surface area contributed by atoms with E-state index in [1.165, 1.54) is 12.1 Å². The van der Waals surface area contributed by atoms with Gasteiger partial charge in [0.1, 0.15) is 6.10 Å². The molecule has 0 saturated carbocycles. The quantitative estimate of drug-likeness (QED) is 0.896. The second-order valence-electron chi connectivity index (χ2n) is 6.07. The second-order valence-corrected chi connectivity index (χ2v) is 6.51. The molecule has 0 unspecified atom stereocenters. The molecule has 0 radical (unpaired) electrons. The average Bonchev–Trinajstić information content (AvgIpc) is 2.59. The summed E-state index contributed by atoms with van der Waals surface area (Å²) in [6.45, 7) is 3.56. The van der Waals surface area contributed by atoms with Crippen LogP contribution in [0.2, 0.25) is 5.02 Å². The molecular formula is C18H19ClF2N2O. The smallest absolute Gasteiger partial charge is 0.213 e. The summed E-state index contributed by atoms with van der Waals surface area (Å²) < 4.78 is 32.8. The standard InChI is InChI=1S/C18H19ClF2N2O/c1-11(24-18-5-3-13(19)9-23-18)14-6-7-22-10-15(14)12-2-4-16(20)17(21)8-12/h2-5,8-9,11,14-15,22H,6-7,10H2,1H3/t11-,14+,15+/m0/s1. The fourth-order valence-corrected chi connectivity index (χ4v) is 3.37. The second kappa shape index (κ2) is 7.45. The molecule has 2 aromatic rings. The molecule has 3 nitrogen and oxygen atoms in total. The monoisotopic (exact) mass is 352 g/mol. The first-order valence-electron chi connectivity index (χ1n) is 7.98. The van der Waals surface area contributed by atoms with Gasteiger partial charge in [0.05, 0.1) is 5.02 Å². The predicted octanol–water partition coefficient (Wildman–Crippen LogP) is 4.17. The third-order valence-electron chi connectivity index (χ3n) is 4.52. The number of ether oxygens (including phenoxy) is 1. The number of rotatable bonds is 4. The zero-order valence-electron chi connectivity index (χ0n) is 13.3. The topological polar surface area (TPSA) is 34.1 Å². The van der Waals surface area contributed by atoms with Crippen LogP contribution in [0.5, 0.6) is 5.88 Å². The summed E-state index contributed by atoms with van der Waals surface area (Å²) >= 11 is 5.84. The Kier molecular flexibility index (Phi) is 5.31. The van der Waals surface area contributed by atoms with Crippen LogP contribution >= 0.6 is 11.6 Å². The van der Waals surface area contributed by atoms with Gasteiger partial charge >= 0.3 is 0 Å². The SMILES string of the molecule is C[C@H](Oc1ccc(Cl)cn1)[C@H]1CCNC[C@@H]1c1ccc(F)c(F)c1. The fourth-order valence-electron chi connectivity index (χ4n) is 3.26. The minimum atomic E-state index is -0.825. The van der Waals surface area contributed by atoms with E-state index in [4.69, 9.17) is 16.3 Å². The van der Waals surface area contributed by atoms with Gasteiger partial charge in [-0.1, -0.05) is 17.7 Å². The first kappa shape index (κ1) is 17.1. The molecule has 0 amide bonds. The number of piperidine rings is 1. The largest absolute Gasteiger partial charge is 0.474 e. The van der Waals surface area contributed by atoms with Crippen LogP contribution in [0.25, 0.3) is 0 Å². The van der Waals surface area contributed by atoms with Gasteiger partial charge in [0.2, 0.25) is 5.88 Å². The number of benzene rings is 1. The highest BCUT2D eigenvalue weighted by Gasteiger charge is 2.32. The molecule has 0 aliphatic carbocycles. The highest BCUT2D eigenvalue weighted by Crippen LogP contribution is 2.34. The van der Waals surface area contributed by atoms with Crippen molar-refractivity contribution in [3.63, 3.8) is 0 Å². The Labute approximate surface area is 145 Å². The van der Waals surface area contributed by atoms with E-state index in [0.29, 0.717) is 17.4 Å². The molecule has 1 aliphatic heterocycles. The minimum absolute atomic E-state index is 0.0520. The third kappa shape index (κ3) is 3.84. The molecule has 1 saturated heterocycles. The van der Waals surface area contributed by atoms with Gasteiger partial charge < -0.3 is 10.1 Å². The van der Waals surface area contributed by atoms with Crippen molar-refractivity contribution < 1.29 is 13.5 Å². The number of hydrogen-bond donors (Lipinski definition) is 1. The number of hydrogen-bond acceptors (Lipinski definition) is 3. The van der Waals surface area contributed by atoms with Crippen LogP contribution in [0.1, 0.15) is 24.8 Å². The van der Waals surface area contributed by atoms with E-state index >= 15 is 0 Å². The van der Waals surface area contributed by atoms with Gasteiger partial charge in [-0.3, -0.25) is 0 Å². The Morgan fingerprint density at radius 1 is 1.25 bits per heavy atom. The van der Waals surface area contributed by atoms with Gasteiger partial charge in [0.15, 0.2) is 11.6 Å². The lowest BCUT2D eigenvalue weighted by atomic mass is 9.78. The lowest BCUT2D eigenvalue weighted by Crippen LogP contribution is -2.41. The molecule has 2 heterocycles. The molecule has 1 aromatic heterocycles. The molecule has 6 heteroatoms. The molecular weight excluding hydrogens is 334 g/mol. The van der Waals surface area contributed by atoms with Crippen molar-refractivity contribution in [2.75, 3.05) is 13.1 Å². The van der Waals surface area contributed by atoms with Gasteiger partial charge in [0.25, 0.3) is 0 Å². The van der Waals surface area contributed by atoms with Gasteiger partial charge in [-0.05, 0) is 43.7 Å². The van der Waals surface area contributed by atoms with Crippen LogP contribution in [0.4, 0.5) is 8.78 Å². The van der Waals surface area contributed by atoms with Crippen molar-refractivity contribution in [3.05, 3.63) is 58.7 Å². The van der Waals surface area contributed by atoms with Crippen molar-refractivity contribution in [2.24, 2.45) is 5.92 Å². The number of halogens is 3. The molecule has 1 aliphatic rings. The Bertz CT molecular complexity index is 696. The summed E-state index contributed by atoms with van der Waals surface area (Å²) in [5.41, 5.74) is 0.783. The van der Waals surface area contributed by atoms with Crippen LogP contribution in [0, 0.1) is 17.6 Å². The molecule has 1 aromatic carbocycles. The van der Waals surface area contributed by atoms with Crippen molar-refractivity contribution in [1.82, 2.24) is 10.3 Å². The van der Waals surface area contributed by atoms with E-state index in [1.807, 2.05) is 6.92 Å². The van der Waals surface area contributed by atoms with Crippen molar-refractivity contribution in [1.29, 1.82) is 0 Å². The van der Waals surface area contributed by atoms with Crippen molar-refractivity contribution in [3.8, 4) is 5.88 Å². The van der Waals surface area contributed by atoms with Crippen molar-refractivity contribution >= 4 is 11.6 Å². The Morgan fingerprint density at radius 3 is 2.79 bits per heavy atom. The average molecular weight is 353 g/mol. The highest BCUT2D eigenvalue weighted by molar-refractivity contribution is 6.30. The van der Waals surface area contributed by atoms with E-state index < -0.39 is 11.6 Å². The van der Waals surface area contributed by atoms with Gasteiger partial charge in [-0.2, -0.15) is 0 Å². The maximum absolute atomic E-state index is 13.6. The van der Waals surface area contributed by atoms with Crippen LogP contribution in [-0.2, 0) is 0 Å². The van der Waals surface area contributed by atoms with Crippen molar-refractivity contribution in [2.45, 2.75) is 25.4 Å².